The molecule has 0 aliphatic rings. The Morgan fingerprint density at radius 2 is 1.46 bits per heavy atom. The number of aryl methyl sites for hydroxylation is 3. The zero-order chi connectivity index (χ0) is 19.6. The van der Waals surface area contributed by atoms with Crippen molar-refractivity contribution in [3.63, 3.8) is 0 Å². The van der Waals surface area contributed by atoms with Crippen LogP contribution >= 0.6 is 34.8 Å². The lowest BCUT2D eigenvalue weighted by Crippen LogP contribution is -2.33. The monoisotopic (exact) mass is 434 g/mol. The first-order chi connectivity index (χ1) is 12.0. The quantitative estimate of drug-likeness (QED) is 0.679. The maximum Gasteiger partial charge on any atom is 0.241 e. The Kier molecular flexibility index (Phi) is 6.58. The molecule has 0 aromatic heterocycles. The summed E-state index contributed by atoms with van der Waals surface area (Å²) in [5, 5.41) is 3.17. The van der Waals surface area contributed by atoms with Gasteiger partial charge in [-0.15, -0.1) is 0 Å². The predicted molar refractivity (Wildman–Crippen MR) is 106 cm³/mol. The van der Waals surface area contributed by atoms with Crippen LogP contribution < -0.4 is 10.0 Å². The molecule has 0 aliphatic heterocycles. The van der Waals surface area contributed by atoms with E-state index in [2.05, 4.69) is 10.0 Å². The number of carbonyl (C=O) groups excluding carboxylic acids is 1. The van der Waals surface area contributed by atoms with E-state index in [0.29, 0.717) is 11.1 Å². The molecule has 0 bridgehead atoms. The summed E-state index contributed by atoms with van der Waals surface area (Å²) in [6.07, 6.45) is 0. The molecular weight excluding hydrogens is 419 g/mol. The molecule has 140 valence electrons. The minimum Gasteiger partial charge on any atom is -0.324 e. The van der Waals surface area contributed by atoms with Gasteiger partial charge in [-0.1, -0.05) is 52.5 Å². The van der Waals surface area contributed by atoms with Crippen molar-refractivity contribution < 1.29 is 13.2 Å². The van der Waals surface area contributed by atoms with E-state index >= 15 is 0 Å². The summed E-state index contributed by atoms with van der Waals surface area (Å²) in [5.41, 5.74) is 2.43. The Hall–Kier alpha value is -1.31. The van der Waals surface area contributed by atoms with Crippen molar-refractivity contribution in [1.29, 1.82) is 0 Å². The van der Waals surface area contributed by atoms with Gasteiger partial charge in [0.15, 0.2) is 0 Å². The summed E-state index contributed by atoms with van der Waals surface area (Å²) >= 11 is 17.7. The van der Waals surface area contributed by atoms with Gasteiger partial charge in [-0.05, 0) is 44.0 Å². The maximum atomic E-state index is 12.6. The van der Waals surface area contributed by atoms with Crippen LogP contribution in [-0.4, -0.2) is 20.9 Å². The number of hydrogen-bond donors (Lipinski definition) is 2. The zero-order valence-electron chi connectivity index (χ0n) is 14.3. The fourth-order valence-electron chi connectivity index (χ4n) is 2.64. The van der Waals surface area contributed by atoms with E-state index in [0.717, 1.165) is 5.56 Å². The molecule has 26 heavy (non-hydrogen) atoms. The van der Waals surface area contributed by atoms with Crippen molar-refractivity contribution in [2.45, 2.75) is 25.7 Å². The van der Waals surface area contributed by atoms with Crippen molar-refractivity contribution >= 4 is 56.4 Å². The average molecular weight is 436 g/mol. The third kappa shape index (κ3) is 4.90. The fourth-order valence-corrected chi connectivity index (χ4v) is 4.66. The Labute approximate surface area is 167 Å². The van der Waals surface area contributed by atoms with Gasteiger partial charge in [0.1, 0.15) is 0 Å². The van der Waals surface area contributed by atoms with Crippen LogP contribution in [0.25, 0.3) is 0 Å². The summed E-state index contributed by atoms with van der Waals surface area (Å²) in [6, 6.07) is 6.34. The number of benzene rings is 2. The second kappa shape index (κ2) is 8.15. The minimum atomic E-state index is -3.84. The summed E-state index contributed by atoms with van der Waals surface area (Å²) in [4.78, 5) is 12.3. The Balaban J connectivity index is 2.13. The van der Waals surface area contributed by atoms with E-state index in [1.165, 1.54) is 12.1 Å². The van der Waals surface area contributed by atoms with Crippen LogP contribution in [0.1, 0.15) is 16.7 Å². The number of amides is 1. The first-order valence-electron chi connectivity index (χ1n) is 7.53. The molecule has 2 rings (SSSR count). The maximum absolute atomic E-state index is 12.6. The van der Waals surface area contributed by atoms with Gasteiger partial charge in [0, 0.05) is 0 Å². The third-order valence-corrected chi connectivity index (χ3v) is 6.32. The van der Waals surface area contributed by atoms with Crippen LogP contribution in [0.3, 0.4) is 0 Å². The number of sulfonamides is 1. The van der Waals surface area contributed by atoms with Crippen molar-refractivity contribution in [3.05, 3.63) is 56.0 Å². The molecule has 9 heteroatoms. The molecule has 0 saturated heterocycles. The molecule has 0 saturated carbocycles. The summed E-state index contributed by atoms with van der Waals surface area (Å²) < 4.78 is 27.4. The molecule has 1 amide bonds. The van der Waals surface area contributed by atoms with E-state index in [1.54, 1.807) is 26.0 Å². The first-order valence-corrected chi connectivity index (χ1v) is 10.1. The van der Waals surface area contributed by atoms with E-state index in [1.807, 2.05) is 6.92 Å². The molecule has 2 aromatic carbocycles. The van der Waals surface area contributed by atoms with E-state index in [-0.39, 0.29) is 25.7 Å². The largest absolute Gasteiger partial charge is 0.324 e. The summed E-state index contributed by atoms with van der Waals surface area (Å²) in [5.74, 6) is -0.587. The van der Waals surface area contributed by atoms with Crippen molar-refractivity contribution in [1.82, 2.24) is 4.72 Å². The van der Waals surface area contributed by atoms with Gasteiger partial charge >= 0.3 is 0 Å². The number of carbonyl (C=O) groups is 1. The second-order valence-electron chi connectivity index (χ2n) is 5.85. The average Bonchev–Trinajstić information content (AvgIpc) is 2.49. The number of nitrogens with one attached hydrogen (secondary N) is 2. The van der Waals surface area contributed by atoms with Crippen LogP contribution in [0.15, 0.2) is 29.2 Å². The topological polar surface area (TPSA) is 75.3 Å². The molecule has 0 aliphatic carbocycles. The lowest BCUT2D eigenvalue weighted by Gasteiger charge is -2.13. The van der Waals surface area contributed by atoms with E-state index in [4.69, 9.17) is 34.8 Å². The van der Waals surface area contributed by atoms with Gasteiger partial charge in [0.05, 0.1) is 32.2 Å². The van der Waals surface area contributed by atoms with Crippen LogP contribution in [0, 0.1) is 20.8 Å². The number of rotatable bonds is 5. The molecule has 0 fully saturated rings. The lowest BCUT2D eigenvalue weighted by atomic mass is 10.1. The highest BCUT2D eigenvalue weighted by molar-refractivity contribution is 7.89. The Morgan fingerprint density at radius 3 is 2.04 bits per heavy atom. The molecule has 0 spiro atoms. The molecule has 0 unspecified atom stereocenters. The van der Waals surface area contributed by atoms with Gasteiger partial charge in [-0.3, -0.25) is 4.79 Å². The van der Waals surface area contributed by atoms with Crippen molar-refractivity contribution in [3.8, 4) is 0 Å². The van der Waals surface area contributed by atoms with Crippen LogP contribution in [-0.2, 0) is 14.8 Å². The molecule has 5 nitrogen and oxygen atoms in total. The SMILES string of the molecule is Cc1cc(C)c(S(=O)(=O)NCC(=O)Nc2cc(Cl)c(Cl)cc2Cl)c(C)c1. The second-order valence-corrected chi connectivity index (χ2v) is 8.77. The van der Waals surface area contributed by atoms with Crippen LogP contribution in [0.4, 0.5) is 5.69 Å². The molecule has 0 heterocycles. The highest BCUT2D eigenvalue weighted by Gasteiger charge is 2.21. The van der Waals surface area contributed by atoms with Gasteiger partial charge in [0.2, 0.25) is 15.9 Å². The summed E-state index contributed by atoms with van der Waals surface area (Å²) in [6.45, 7) is 4.86. The highest BCUT2D eigenvalue weighted by atomic mass is 35.5. The van der Waals surface area contributed by atoms with Gasteiger partial charge in [0.25, 0.3) is 0 Å². The van der Waals surface area contributed by atoms with Gasteiger partial charge < -0.3 is 5.32 Å². The minimum absolute atomic E-state index is 0.170. The normalized spacial score (nSPS) is 11.5. The first kappa shape index (κ1) is 21.0. The molecular formula is C17H17Cl3N2O3S. The van der Waals surface area contributed by atoms with Gasteiger partial charge in [-0.25, -0.2) is 13.1 Å². The number of hydrogen-bond acceptors (Lipinski definition) is 3. The lowest BCUT2D eigenvalue weighted by molar-refractivity contribution is -0.115. The fraction of sp³-hybridized carbons (Fsp3) is 0.235. The van der Waals surface area contributed by atoms with Gasteiger partial charge in [-0.2, -0.15) is 0 Å². The van der Waals surface area contributed by atoms with Crippen LogP contribution in [0.2, 0.25) is 15.1 Å². The highest BCUT2D eigenvalue weighted by Crippen LogP contribution is 2.32. The Bertz CT molecular complexity index is 952. The number of halogens is 3. The van der Waals surface area contributed by atoms with E-state index in [9.17, 15) is 13.2 Å². The van der Waals surface area contributed by atoms with Crippen molar-refractivity contribution in [2.24, 2.45) is 0 Å². The van der Waals surface area contributed by atoms with E-state index < -0.39 is 22.5 Å². The number of anilines is 1. The Morgan fingerprint density at radius 1 is 0.923 bits per heavy atom. The molecule has 0 atom stereocenters. The van der Waals surface area contributed by atoms with Crippen LogP contribution in [0.5, 0.6) is 0 Å². The molecule has 2 N–H and O–H groups in total. The molecule has 0 radical (unpaired) electrons. The smallest absolute Gasteiger partial charge is 0.241 e. The van der Waals surface area contributed by atoms with Crippen molar-refractivity contribution in [2.75, 3.05) is 11.9 Å². The standard InChI is InChI=1S/C17H17Cl3N2O3S/c1-9-4-10(2)17(11(3)5-9)26(24,25)21-8-16(23)22-15-7-13(19)12(18)6-14(15)20/h4-7,21H,8H2,1-3H3,(H,22,23). The molecule has 2 aromatic rings. The predicted octanol–water partition coefficient (Wildman–Crippen LogP) is 4.49. The zero-order valence-corrected chi connectivity index (χ0v) is 17.4. The third-order valence-electron chi connectivity index (χ3n) is 3.58. The summed E-state index contributed by atoms with van der Waals surface area (Å²) in [7, 11) is -3.84.